The molecule has 2 aromatic carbocycles. The van der Waals surface area contributed by atoms with Gasteiger partial charge in [-0.25, -0.2) is 0 Å². The van der Waals surface area contributed by atoms with E-state index >= 15 is 0 Å². The predicted molar refractivity (Wildman–Crippen MR) is 177 cm³/mol. The first-order valence-corrected chi connectivity index (χ1v) is 15.7. The first-order chi connectivity index (χ1) is 22.2. The molecule has 4 amide bonds. The van der Waals surface area contributed by atoms with Gasteiger partial charge in [0.25, 0.3) is 5.91 Å². The number of aldehydes is 1. The number of nitrogens with two attached hydrogens (primary N) is 3. The van der Waals surface area contributed by atoms with E-state index in [0.29, 0.717) is 56.1 Å². The number of rotatable bonds is 21. The van der Waals surface area contributed by atoms with E-state index in [-0.39, 0.29) is 25.3 Å². The molecule has 0 saturated carbocycles. The molecule has 13 heteroatoms. The fourth-order valence-corrected chi connectivity index (χ4v) is 4.70. The Balaban J connectivity index is 2.24. The standard InChI is InChI=1S/C33H48N8O5/c1-2-3-17-25(38-29(43)24-15-8-5-9-16-24)30(44)39-26(18-10-11-20-34)31(45)40-27(19-12-21-37-33(35)36)32(46)41-28(22-42)23-13-6-4-7-14-23/h4-9,13-16,22,25-28H,2-3,10-12,17-21,34H2,1H3,(H,38,43)(H,39,44)(H,40,45)(H,41,46)(H4,35,36,37)/t25-,26-,27-,28+/m0/s1. The van der Waals surface area contributed by atoms with Crippen molar-refractivity contribution in [3.05, 3.63) is 71.8 Å². The zero-order valence-corrected chi connectivity index (χ0v) is 26.5. The van der Waals surface area contributed by atoms with Crippen LogP contribution in [0.3, 0.4) is 0 Å². The average molecular weight is 637 g/mol. The van der Waals surface area contributed by atoms with Crippen LogP contribution < -0.4 is 38.5 Å². The Hall–Kier alpha value is -4.78. The SMILES string of the molecule is CCCC[C@H](NC(=O)c1ccccc1)C(=O)N[C@@H](CCCCN)C(=O)N[C@@H](CCCN=C(N)N)C(=O)N[C@H](C=O)c1ccccc1. The molecule has 0 heterocycles. The van der Waals surface area contributed by atoms with Crippen molar-refractivity contribution in [3.8, 4) is 0 Å². The second-order valence-corrected chi connectivity index (χ2v) is 10.9. The molecule has 0 aliphatic carbocycles. The number of carbonyl (C=O) groups is 5. The molecule has 0 radical (unpaired) electrons. The van der Waals surface area contributed by atoms with Crippen molar-refractivity contribution in [1.82, 2.24) is 21.3 Å². The quantitative estimate of drug-likeness (QED) is 0.0455. The molecular weight excluding hydrogens is 588 g/mol. The smallest absolute Gasteiger partial charge is 0.251 e. The second-order valence-electron chi connectivity index (χ2n) is 10.9. The lowest BCUT2D eigenvalue weighted by Gasteiger charge is -2.26. The Kier molecular flexibility index (Phi) is 17.1. The van der Waals surface area contributed by atoms with Gasteiger partial charge in [-0.15, -0.1) is 0 Å². The van der Waals surface area contributed by atoms with Gasteiger partial charge in [-0.1, -0.05) is 68.3 Å². The molecule has 0 aliphatic rings. The van der Waals surface area contributed by atoms with Crippen LogP contribution >= 0.6 is 0 Å². The van der Waals surface area contributed by atoms with Crippen molar-refractivity contribution in [3.63, 3.8) is 0 Å². The van der Waals surface area contributed by atoms with E-state index in [0.717, 1.165) is 6.42 Å². The Morgan fingerprint density at radius 3 is 1.78 bits per heavy atom. The number of nitrogens with zero attached hydrogens (tertiary/aromatic N) is 1. The van der Waals surface area contributed by atoms with E-state index in [1.807, 2.05) is 6.92 Å². The summed E-state index contributed by atoms with van der Waals surface area (Å²) < 4.78 is 0. The summed E-state index contributed by atoms with van der Waals surface area (Å²) in [6, 6.07) is 13.4. The van der Waals surface area contributed by atoms with Crippen LogP contribution in [0.15, 0.2) is 65.7 Å². The molecule has 2 aromatic rings. The van der Waals surface area contributed by atoms with Gasteiger partial charge in [0.1, 0.15) is 30.5 Å². The number of carbonyl (C=O) groups excluding carboxylic acids is 5. The van der Waals surface area contributed by atoms with E-state index in [1.54, 1.807) is 60.7 Å². The van der Waals surface area contributed by atoms with Crippen molar-refractivity contribution in [2.45, 2.75) is 82.5 Å². The summed E-state index contributed by atoms with van der Waals surface area (Å²) >= 11 is 0. The van der Waals surface area contributed by atoms with Crippen LogP contribution in [-0.4, -0.2) is 67.1 Å². The fourth-order valence-electron chi connectivity index (χ4n) is 4.70. The van der Waals surface area contributed by atoms with Gasteiger partial charge >= 0.3 is 0 Å². The number of hydrogen-bond acceptors (Lipinski definition) is 7. The molecule has 0 fully saturated rings. The van der Waals surface area contributed by atoms with E-state index in [4.69, 9.17) is 17.2 Å². The Morgan fingerprint density at radius 1 is 0.717 bits per heavy atom. The number of amides is 4. The molecule has 0 bridgehead atoms. The summed E-state index contributed by atoms with van der Waals surface area (Å²) in [5, 5.41) is 11.0. The number of guanidine groups is 1. The van der Waals surface area contributed by atoms with Crippen LogP contribution in [0.1, 0.15) is 80.3 Å². The van der Waals surface area contributed by atoms with Crippen LogP contribution in [-0.2, 0) is 19.2 Å². The van der Waals surface area contributed by atoms with Gasteiger partial charge in [-0.05, 0) is 62.8 Å². The lowest BCUT2D eigenvalue weighted by Crippen LogP contribution is -2.57. The maximum Gasteiger partial charge on any atom is 0.251 e. The van der Waals surface area contributed by atoms with Crippen molar-refractivity contribution in [2.24, 2.45) is 22.2 Å². The molecule has 4 atom stereocenters. The average Bonchev–Trinajstić information content (AvgIpc) is 3.06. The summed E-state index contributed by atoms with van der Waals surface area (Å²) in [6.45, 7) is 2.59. The van der Waals surface area contributed by atoms with E-state index in [2.05, 4.69) is 26.3 Å². The minimum absolute atomic E-state index is 0.102. The summed E-state index contributed by atoms with van der Waals surface area (Å²) in [6.07, 6.45) is 4.37. The summed E-state index contributed by atoms with van der Waals surface area (Å²) in [7, 11) is 0. The minimum atomic E-state index is -1.06. The van der Waals surface area contributed by atoms with Crippen LogP contribution in [0.5, 0.6) is 0 Å². The third-order valence-corrected chi connectivity index (χ3v) is 7.25. The number of hydrogen-bond donors (Lipinski definition) is 7. The van der Waals surface area contributed by atoms with Gasteiger partial charge < -0.3 is 43.3 Å². The molecule has 2 rings (SSSR count). The molecule has 0 aromatic heterocycles. The topological polar surface area (TPSA) is 224 Å². The Labute approximate surface area is 270 Å². The van der Waals surface area contributed by atoms with Crippen LogP contribution in [0.25, 0.3) is 0 Å². The Morgan fingerprint density at radius 2 is 1.24 bits per heavy atom. The third-order valence-electron chi connectivity index (χ3n) is 7.25. The van der Waals surface area contributed by atoms with Gasteiger partial charge in [-0.3, -0.25) is 24.2 Å². The third kappa shape index (κ3) is 13.5. The maximum atomic E-state index is 13.7. The highest BCUT2D eigenvalue weighted by Crippen LogP contribution is 2.12. The lowest BCUT2D eigenvalue weighted by molar-refractivity contribution is -0.133. The van der Waals surface area contributed by atoms with Crippen molar-refractivity contribution >= 4 is 35.9 Å². The summed E-state index contributed by atoms with van der Waals surface area (Å²) in [5.41, 5.74) is 17.5. The van der Waals surface area contributed by atoms with Crippen LogP contribution in [0, 0.1) is 0 Å². The summed E-state index contributed by atoms with van der Waals surface area (Å²) in [5.74, 6) is -2.18. The molecule has 0 spiro atoms. The second kappa shape index (κ2) is 21.0. The number of unbranched alkanes of at least 4 members (excludes halogenated alkanes) is 2. The number of nitrogens with one attached hydrogen (secondary N) is 4. The first kappa shape index (κ1) is 37.4. The molecule has 0 unspecified atom stereocenters. The molecule has 0 aliphatic heterocycles. The highest BCUT2D eigenvalue weighted by Gasteiger charge is 2.30. The zero-order valence-electron chi connectivity index (χ0n) is 26.5. The largest absolute Gasteiger partial charge is 0.370 e. The highest BCUT2D eigenvalue weighted by molar-refractivity contribution is 5.98. The van der Waals surface area contributed by atoms with E-state index in [1.165, 1.54) is 0 Å². The monoisotopic (exact) mass is 636 g/mol. The minimum Gasteiger partial charge on any atom is -0.370 e. The number of benzene rings is 2. The fraction of sp³-hybridized carbons (Fsp3) is 0.455. The van der Waals surface area contributed by atoms with Gasteiger partial charge in [0.2, 0.25) is 17.7 Å². The van der Waals surface area contributed by atoms with Crippen molar-refractivity contribution in [1.29, 1.82) is 0 Å². The molecule has 0 saturated heterocycles. The molecule has 250 valence electrons. The normalized spacial score (nSPS) is 13.3. The predicted octanol–water partition coefficient (Wildman–Crippen LogP) is 1.18. The maximum absolute atomic E-state index is 13.7. The van der Waals surface area contributed by atoms with E-state index in [9.17, 15) is 24.0 Å². The zero-order chi connectivity index (χ0) is 33.7. The highest BCUT2D eigenvalue weighted by atomic mass is 16.2. The Bertz CT molecular complexity index is 1270. The van der Waals surface area contributed by atoms with Gasteiger partial charge in [-0.2, -0.15) is 0 Å². The van der Waals surface area contributed by atoms with Gasteiger partial charge in [0.15, 0.2) is 5.96 Å². The first-order valence-electron chi connectivity index (χ1n) is 15.7. The molecule has 13 nitrogen and oxygen atoms in total. The van der Waals surface area contributed by atoms with Crippen LogP contribution in [0.2, 0.25) is 0 Å². The van der Waals surface area contributed by atoms with Crippen molar-refractivity contribution in [2.75, 3.05) is 13.1 Å². The molecule has 46 heavy (non-hydrogen) atoms. The lowest BCUT2D eigenvalue weighted by atomic mass is 10.0. The van der Waals surface area contributed by atoms with Gasteiger partial charge in [0.05, 0.1) is 0 Å². The molecule has 10 N–H and O–H groups in total. The van der Waals surface area contributed by atoms with Crippen molar-refractivity contribution < 1.29 is 24.0 Å². The van der Waals surface area contributed by atoms with E-state index < -0.39 is 47.8 Å². The summed E-state index contributed by atoms with van der Waals surface area (Å²) in [4.78, 5) is 69.3. The van der Waals surface area contributed by atoms with Crippen LogP contribution in [0.4, 0.5) is 0 Å². The van der Waals surface area contributed by atoms with Gasteiger partial charge in [0, 0.05) is 12.1 Å². The number of aliphatic imine (C=N–C) groups is 1. The molecular formula is C33H48N8O5.